The van der Waals surface area contributed by atoms with E-state index >= 15 is 0 Å². The Hall–Kier alpha value is -3.40. The van der Waals surface area contributed by atoms with Crippen molar-refractivity contribution in [1.29, 1.82) is 0 Å². The summed E-state index contributed by atoms with van der Waals surface area (Å²) in [5.41, 5.74) is -0.612. The lowest BCUT2D eigenvalue weighted by molar-refractivity contribution is 0.0729. The summed E-state index contributed by atoms with van der Waals surface area (Å²) in [4.78, 5) is 25.7. The zero-order chi connectivity index (χ0) is 25.3. The Bertz CT molecular complexity index is 1460. The maximum absolute atomic E-state index is 14.5. The Morgan fingerprint density at radius 1 is 1.06 bits per heavy atom. The minimum absolute atomic E-state index is 0.0838. The first-order chi connectivity index (χ1) is 16.5. The van der Waals surface area contributed by atoms with Crippen LogP contribution in [-0.2, 0) is 16.3 Å². The number of esters is 1. The number of ether oxygens (including phenoxy) is 1. The van der Waals surface area contributed by atoms with Crippen molar-refractivity contribution in [3.63, 3.8) is 0 Å². The van der Waals surface area contributed by atoms with Crippen LogP contribution in [0.15, 0.2) is 53.3 Å². The zero-order valence-corrected chi connectivity index (χ0v) is 19.6. The van der Waals surface area contributed by atoms with Gasteiger partial charge in [0.15, 0.2) is 11.6 Å². The quantitative estimate of drug-likeness (QED) is 0.447. The van der Waals surface area contributed by atoms with Crippen molar-refractivity contribution < 1.29 is 31.1 Å². The number of pyridine rings is 1. The van der Waals surface area contributed by atoms with Crippen LogP contribution in [0.3, 0.4) is 0 Å². The highest BCUT2D eigenvalue weighted by atomic mass is 32.2. The summed E-state index contributed by atoms with van der Waals surface area (Å²) < 4.78 is 71.8. The molecule has 0 radical (unpaired) electrons. The molecule has 0 aliphatic heterocycles. The molecule has 1 aromatic heterocycles. The fourth-order valence-corrected chi connectivity index (χ4v) is 4.51. The van der Waals surface area contributed by atoms with E-state index in [2.05, 4.69) is 0 Å². The second kappa shape index (κ2) is 9.69. The average molecular weight is 506 g/mol. The van der Waals surface area contributed by atoms with Crippen LogP contribution in [0.4, 0.5) is 13.2 Å². The predicted molar refractivity (Wildman–Crippen MR) is 123 cm³/mol. The number of benzene rings is 2. The smallest absolute Gasteiger partial charge is 0.346 e. The van der Waals surface area contributed by atoms with Crippen molar-refractivity contribution in [1.82, 2.24) is 4.57 Å². The van der Waals surface area contributed by atoms with E-state index in [1.165, 1.54) is 30.3 Å². The lowest BCUT2D eigenvalue weighted by Gasteiger charge is -2.29. The molecule has 1 fully saturated rings. The molecular weight excluding hydrogens is 483 g/mol. The van der Waals surface area contributed by atoms with E-state index in [0.29, 0.717) is 24.1 Å². The summed E-state index contributed by atoms with van der Waals surface area (Å²) in [5.74, 6) is -4.67. The van der Waals surface area contributed by atoms with Gasteiger partial charge in [0.2, 0.25) is 0 Å². The lowest BCUT2D eigenvalue weighted by atomic mass is 9.82. The number of carbonyl (C=O) groups is 1. The van der Waals surface area contributed by atoms with Crippen molar-refractivity contribution in [3.05, 3.63) is 93.2 Å². The van der Waals surface area contributed by atoms with Crippen molar-refractivity contribution >= 4 is 15.8 Å². The van der Waals surface area contributed by atoms with Gasteiger partial charge in [-0.15, -0.1) is 0 Å². The molecule has 1 saturated carbocycles. The van der Waals surface area contributed by atoms with E-state index in [1.54, 1.807) is 0 Å². The molecular formula is C25H22F3NO5S. The van der Waals surface area contributed by atoms with Gasteiger partial charge >= 0.3 is 5.97 Å². The number of nitrogens with zero attached hydrogens (tertiary/aromatic N) is 1. The highest BCUT2D eigenvalue weighted by molar-refractivity contribution is 7.90. The molecule has 1 aliphatic rings. The first kappa shape index (κ1) is 24.7. The Kier molecular flexibility index (Phi) is 6.84. The third-order valence-electron chi connectivity index (χ3n) is 5.95. The van der Waals surface area contributed by atoms with Crippen LogP contribution in [0.5, 0.6) is 5.75 Å². The Morgan fingerprint density at radius 2 is 1.80 bits per heavy atom. The van der Waals surface area contributed by atoms with Gasteiger partial charge in [0, 0.05) is 24.1 Å². The van der Waals surface area contributed by atoms with Crippen molar-refractivity contribution in [2.45, 2.75) is 31.6 Å². The van der Waals surface area contributed by atoms with Gasteiger partial charge in [-0.05, 0) is 55.0 Å². The van der Waals surface area contributed by atoms with Gasteiger partial charge in [-0.3, -0.25) is 9.36 Å². The van der Waals surface area contributed by atoms with Crippen LogP contribution in [-0.4, -0.2) is 31.0 Å². The van der Waals surface area contributed by atoms with E-state index in [9.17, 15) is 31.2 Å². The van der Waals surface area contributed by atoms with E-state index in [-0.39, 0.29) is 29.5 Å². The number of hydrogen-bond acceptors (Lipinski definition) is 5. The minimum Gasteiger partial charge on any atom is -0.423 e. The molecule has 0 unspecified atom stereocenters. The molecule has 0 bridgehead atoms. The summed E-state index contributed by atoms with van der Waals surface area (Å²) in [6, 6.07) is 9.50. The molecule has 3 aromatic rings. The Morgan fingerprint density at radius 3 is 2.46 bits per heavy atom. The van der Waals surface area contributed by atoms with Crippen LogP contribution in [0.1, 0.15) is 46.8 Å². The minimum atomic E-state index is -3.26. The third kappa shape index (κ3) is 5.48. The monoisotopic (exact) mass is 505 g/mol. The molecule has 4 rings (SSSR count). The summed E-state index contributed by atoms with van der Waals surface area (Å²) in [6.45, 7) is 0. The number of rotatable bonds is 7. The van der Waals surface area contributed by atoms with Gasteiger partial charge in [0.25, 0.3) is 5.56 Å². The fraction of sp³-hybridized carbons (Fsp3) is 0.280. The highest BCUT2D eigenvalue weighted by Crippen LogP contribution is 2.38. The molecule has 6 nitrogen and oxygen atoms in total. The molecule has 0 saturated heterocycles. The first-order valence-corrected chi connectivity index (χ1v) is 13.0. The maximum Gasteiger partial charge on any atom is 0.346 e. The first-order valence-electron chi connectivity index (χ1n) is 10.9. The number of hydrogen-bond donors (Lipinski definition) is 0. The summed E-state index contributed by atoms with van der Waals surface area (Å²) in [6.07, 6.45) is 3.47. The van der Waals surface area contributed by atoms with Crippen molar-refractivity contribution in [3.8, 4) is 11.4 Å². The molecule has 0 N–H and O–H groups in total. The largest absolute Gasteiger partial charge is 0.423 e. The van der Waals surface area contributed by atoms with Crippen molar-refractivity contribution in [2.75, 3.05) is 12.0 Å². The maximum atomic E-state index is 14.5. The van der Waals surface area contributed by atoms with Gasteiger partial charge in [-0.2, -0.15) is 0 Å². The topological polar surface area (TPSA) is 82.4 Å². The average Bonchev–Trinajstić information content (AvgIpc) is 2.74. The molecule has 0 atom stereocenters. The van der Waals surface area contributed by atoms with Crippen LogP contribution in [0.2, 0.25) is 0 Å². The summed E-state index contributed by atoms with van der Waals surface area (Å²) in [5, 5.41) is 0. The van der Waals surface area contributed by atoms with Crippen LogP contribution in [0.25, 0.3) is 5.69 Å². The fourth-order valence-electron chi connectivity index (χ4n) is 3.90. The Labute approximate surface area is 199 Å². The summed E-state index contributed by atoms with van der Waals surface area (Å²) >= 11 is 0. The van der Waals surface area contributed by atoms with E-state index in [1.807, 2.05) is 0 Å². The Balaban J connectivity index is 1.68. The molecule has 0 amide bonds. The lowest BCUT2D eigenvalue weighted by Crippen LogP contribution is -2.27. The highest BCUT2D eigenvalue weighted by Gasteiger charge is 2.27. The molecule has 1 heterocycles. The molecule has 1 aliphatic carbocycles. The molecule has 2 aromatic carbocycles. The second-order valence-electron chi connectivity index (χ2n) is 8.57. The normalized spacial score (nSPS) is 13.9. The van der Waals surface area contributed by atoms with Crippen LogP contribution in [0, 0.1) is 17.5 Å². The van der Waals surface area contributed by atoms with E-state index in [4.69, 9.17) is 4.74 Å². The SMILES string of the molecule is CS(=O)(=O)CCc1ccc(F)c(C(=O)Oc2cc(C3CCC3)n(-c3cccc(F)c3F)c(=O)c2)c1. The number of aromatic nitrogens is 1. The number of sulfone groups is 1. The van der Waals surface area contributed by atoms with Gasteiger partial charge in [-0.25, -0.2) is 26.4 Å². The molecule has 184 valence electrons. The molecule has 0 spiro atoms. The zero-order valence-electron chi connectivity index (χ0n) is 18.8. The number of carbonyl (C=O) groups excluding carboxylic acids is 1. The van der Waals surface area contributed by atoms with E-state index in [0.717, 1.165) is 35.4 Å². The number of aryl methyl sites for hydroxylation is 1. The van der Waals surface area contributed by atoms with Crippen LogP contribution < -0.4 is 10.3 Å². The third-order valence-corrected chi connectivity index (χ3v) is 6.90. The van der Waals surface area contributed by atoms with Gasteiger partial charge in [0.05, 0.1) is 17.0 Å². The molecule has 10 heteroatoms. The van der Waals surface area contributed by atoms with E-state index < -0.39 is 44.4 Å². The number of halogens is 3. The second-order valence-corrected chi connectivity index (χ2v) is 10.8. The van der Waals surface area contributed by atoms with Gasteiger partial charge in [-0.1, -0.05) is 18.6 Å². The van der Waals surface area contributed by atoms with Crippen LogP contribution >= 0.6 is 0 Å². The molecule has 35 heavy (non-hydrogen) atoms. The van der Waals surface area contributed by atoms with Gasteiger partial charge < -0.3 is 4.74 Å². The van der Waals surface area contributed by atoms with Gasteiger partial charge in [0.1, 0.15) is 21.4 Å². The van der Waals surface area contributed by atoms with Crippen molar-refractivity contribution in [2.24, 2.45) is 0 Å². The standard InChI is InChI=1S/C25H22F3NO5S/c1-35(32,33)11-10-15-8-9-19(26)18(12-15)25(31)34-17-13-22(16-4-2-5-16)29(23(30)14-17)21-7-3-6-20(27)24(21)28/h3,6-9,12-14,16H,2,4-5,10-11H2,1H3. The summed E-state index contributed by atoms with van der Waals surface area (Å²) in [7, 11) is -3.26. The predicted octanol–water partition coefficient (Wildman–Crippen LogP) is 4.33.